The molecule has 1 aromatic heterocycles. The lowest BCUT2D eigenvalue weighted by Gasteiger charge is -2.36. The number of nitrogens with zero attached hydrogens (tertiary/aromatic N) is 2. The van der Waals surface area contributed by atoms with E-state index in [2.05, 4.69) is 17.1 Å². The lowest BCUT2D eigenvalue weighted by molar-refractivity contribution is -0.116. The summed E-state index contributed by atoms with van der Waals surface area (Å²) in [7, 11) is 0. The van der Waals surface area contributed by atoms with Gasteiger partial charge in [-0.1, -0.05) is 19.4 Å². The van der Waals surface area contributed by atoms with Crippen LogP contribution in [0, 0.1) is 0 Å². The highest BCUT2D eigenvalue weighted by Gasteiger charge is 2.22. The number of hydrogen-bond acceptors (Lipinski definition) is 4. The number of carbonyl (C=O) groups is 2. The molecule has 3 rings (SSSR count). The molecule has 0 atom stereocenters. The molecule has 0 aliphatic carbocycles. The third-order valence-electron chi connectivity index (χ3n) is 4.57. The van der Waals surface area contributed by atoms with Crippen molar-refractivity contribution in [1.29, 1.82) is 0 Å². The van der Waals surface area contributed by atoms with Gasteiger partial charge in [0.1, 0.15) is 0 Å². The molecule has 1 aliphatic heterocycles. The maximum atomic E-state index is 12.4. The number of rotatable bonds is 6. The third kappa shape index (κ3) is 4.64. The minimum absolute atomic E-state index is 0.0697. The molecule has 0 radical (unpaired) electrons. The minimum atomic E-state index is 0.0697. The number of anilines is 2. The molecular weight excluding hydrogens is 346 g/mol. The van der Waals surface area contributed by atoms with Gasteiger partial charge >= 0.3 is 0 Å². The van der Waals surface area contributed by atoms with E-state index in [0.717, 1.165) is 55.3 Å². The first kappa shape index (κ1) is 18.5. The van der Waals surface area contributed by atoms with Crippen molar-refractivity contribution in [2.24, 2.45) is 0 Å². The highest BCUT2D eigenvalue weighted by atomic mass is 32.1. The Bertz CT molecular complexity index is 720. The Morgan fingerprint density at radius 3 is 2.42 bits per heavy atom. The van der Waals surface area contributed by atoms with E-state index < -0.39 is 0 Å². The molecule has 1 saturated heterocycles. The molecule has 26 heavy (non-hydrogen) atoms. The first-order valence-corrected chi connectivity index (χ1v) is 10.0. The van der Waals surface area contributed by atoms with Gasteiger partial charge in [0.2, 0.25) is 5.91 Å². The molecule has 0 spiro atoms. The van der Waals surface area contributed by atoms with Gasteiger partial charge in [0.05, 0.1) is 4.88 Å². The number of carbonyl (C=O) groups excluding carboxylic acids is 2. The van der Waals surface area contributed by atoms with E-state index in [-0.39, 0.29) is 11.8 Å². The Kier molecular flexibility index (Phi) is 6.28. The molecule has 1 N–H and O–H groups in total. The summed E-state index contributed by atoms with van der Waals surface area (Å²) in [4.78, 5) is 29.2. The third-order valence-corrected chi connectivity index (χ3v) is 5.43. The highest BCUT2D eigenvalue weighted by molar-refractivity contribution is 7.12. The molecule has 1 aromatic carbocycles. The van der Waals surface area contributed by atoms with Crippen LogP contribution in [-0.2, 0) is 4.79 Å². The summed E-state index contributed by atoms with van der Waals surface area (Å²) in [6.45, 7) is 5.17. The van der Waals surface area contributed by atoms with Crippen molar-refractivity contribution in [3.8, 4) is 0 Å². The fraction of sp³-hybridized carbons (Fsp3) is 0.400. The topological polar surface area (TPSA) is 52.7 Å². The quantitative estimate of drug-likeness (QED) is 0.839. The summed E-state index contributed by atoms with van der Waals surface area (Å²) in [5.74, 6) is 0.199. The zero-order valence-electron chi connectivity index (χ0n) is 15.1. The first-order chi connectivity index (χ1) is 12.7. The summed E-state index contributed by atoms with van der Waals surface area (Å²) in [6, 6.07) is 11.8. The van der Waals surface area contributed by atoms with Crippen LogP contribution in [0.4, 0.5) is 11.4 Å². The van der Waals surface area contributed by atoms with E-state index in [1.807, 2.05) is 46.7 Å². The van der Waals surface area contributed by atoms with Crippen LogP contribution in [-0.4, -0.2) is 42.9 Å². The average Bonchev–Trinajstić information content (AvgIpc) is 3.21. The predicted octanol–water partition coefficient (Wildman–Crippen LogP) is 3.84. The van der Waals surface area contributed by atoms with Gasteiger partial charge < -0.3 is 15.1 Å². The largest absolute Gasteiger partial charge is 0.368 e. The summed E-state index contributed by atoms with van der Waals surface area (Å²) in [5, 5.41) is 4.87. The van der Waals surface area contributed by atoms with Gasteiger partial charge in [-0.2, -0.15) is 0 Å². The molecular formula is C20H25N3O2S. The number of unbranched alkanes of at least 4 members (excludes halogenated alkanes) is 1. The van der Waals surface area contributed by atoms with Gasteiger partial charge in [0.15, 0.2) is 0 Å². The van der Waals surface area contributed by atoms with Crippen LogP contribution < -0.4 is 10.2 Å². The molecule has 2 amide bonds. The molecule has 6 heteroatoms. The van der Waals surface area contributed by atoms with Crippen molar-refractivity contribution in [3.05, 3.63) is 46.7 Å². The monoisotopic (exact) mass is 371 g/mol. The molecule has 5 nitrogen and oxygen atoms in total. The highest BCUT2D eigenvalue weighted by Crippen LogP contribution is 2.21. The Balaban J connectivity index is 1.51. The number of benzene rings is 1. The van der Waals surface area contributed by atoms with Crippen LogP contribution in [0.25, 0.3) is 0 Å². The summed E-state index contributed by atoms with van der Waals surface area (Å²) in [5.41, 5.74) is 1.96. The molecule has 138 valence electrons. The van der Waals surface area contributed by atoms with E-state index in [1.54, 1.807) is 0 Å². The number of thiophene rings is 1. The average molecular weight is 372 g/mol. The van der Waals surface area contributed by atoms with E-state index in [1.165, 1.54) is 11.3 Å². The van der Waals surface area contributed by atoms with Gasteiger partial charge in [-0.25, -0.2) is 0 Å². The van der Waals surface area contributed by atoms with Crippen LogP contribution in [0.3, 0.4) is 0 Å². The normalized spacial score (nSPS) is 14.3. The van der Waals surface area contributed by atoms with Crippen LogP contribution in [0.1, 0.15) is 35.9 Å². The Morgan fingerprint density at radius 2 is 1.81 bits per heavy atom. The van der Waals surface area contributed by atoms with Gasteiger partial charge in [-0.05, 0) is 42.1 Å². The van der Waals surface area contributed by atoms with Crippen molar-refractivity contribution in [1.82, 2.24) is 4.90 Å². The molecule has 0 unspecified atom stereocenters. The summed E-state index contributed by atoms with van der Waals surface area (Å²) < 4.78 is 0. The standard InChI is InChI=1S/C20H25N3O2S/c1-2-3-6-19(24)21-16-7-9-17(10-8-16)22-11-13-23(14-12-22)20(25)18-5-4-15-26-18/h4-5,7-10,15H,2-3,6,11-14H2,1H3,(H,21,24). The second-order valence-electron chi connectivity index (χ2n) is 6.46. The number of amides is 2. The van der Waals surface area contributed by atoms with Gasteiger partial charge in [0.25, 0.3) is 5.91 Å². The number of nitrogens with one attached hydrogen (secondary N) is 1. The Labute approximate surface area is 158 Å². The van der Waals surface area contributed by atoms with E-state index in [4.69, 9.17) is 0 Å². The molecule has 1 aliphatic rings. The zero-order valence-corrected chi connectivity index (χ0v) is 15.9. The van der Waals surface area contributed by atoms with Crippen molar-refractivity contribution in [2.75, 3.05) is 36.4 Å². The smallest absolute Gasteiger partial charge is 0.264 e. The molecule has 0 bridgehead atoms. The Hall–Kier alpha value is -2.34. The van der Waals surface area contributed by atoms with Gasteiger partial charge in [-0.3, -0.25) is 9.59 Å². The summed E-state index contributed by atoms with van der Waals surface area (Å²) >= 11 is 1.49. The van der Waals surface area contributed by atoms with Crippen LogP contribution in [0.15, 0.2) is 41.8 Å². The second-order valence-corrected chi connectivity index (χ2v) is 7.40. The lowest BCUT2D eigenvalue weighted by atomic mass is 10.2. The maximum Gasteiger partial charge on any atom is 0.264 e. The van der Waals surface area contributed by atoms with Crippen LogP contribution in [0.5, 0.6) is 0 Å². The summed E-state index contributed by atoms with van der Waals surface area (Å²) in [6.07, 6.45) is 2.50. The lowest BCUT2D eigenvalue weighted by Crippen LogP contribution is -2.48. The van der Waals surface area contributed by atoms with E-state index >= 15 is 0 Å². The SMILES string of the molecule is CCCCC(=O)Nc1ccc(N2CCN(C(=O)c3cccs3)CC2)cc1. The van der Waals surface area contributed by atoms with Crippen molar-refractivity contribution in [2.45, 2.75) is 26.2 Å². The number of piperazine rings is 1. The number of hydrogen-bond donors (Lipinski definition) is 1. The van der Waals surface area contributed by atoms with E-state index in [9.17, 15) is 9.59 Å². The van der Waals surface area contributed by atoms with Gasteiger partial charge in [-0.15, -0.1) is 11.3 Å². The van der Waals surface area contributed by atoms with Crippen molar-refractivity contribution >= 4 is 34.5 Å². The predicted molar refractivity (Wildman–Crippen MR) is 107 cm³/mol. The van der Waals surface area contributed by atoms with Crippen LogP contribution >= 0.6 is 11.3 Å². The molecule has 0 saturated carbocycles. The van der Waals surface area contributed by atoms with Crippen LogP contribution in [0.2, 0.25) is 0 Å². The second kappa shape index (κ2) is 8.85. The van der Waals surface area contributed by atoms with Crippen molar-refractivity contribution in [3.63, 3.8) is 0 Å². The molecule has 1 fully saturated rings. The van der Waals surface area contributed by atoms with E-state index in [0.29, 0.717) is 6.42 Å². The fourth-order valence-electron chi connectivity index (χ4n) is 3.04. The maximum absolute atomic E-state index is 12.4. The Morgan fingerprint density at radius 1 is 1.08 bits per heavy atom. The minimum Gasteiger partial charge on any atom is -0.368 e. The molecule has 2 aromatic rings. The zero-order chi connectivity index (χ0) is 18.4. The fourth-order valence-corrected chi connectivity index (χ4v) is 3.73. The first-order valence-electron chi connectivity index (χ1n) is 9.15. The van der Waals surface area contributed by atoms with Gasteiger partial charge in [0, 0.05) is 44.0 Å². The molecule has 2 heterocycles. The van der Waals surface area contributed by atoms with Crippen molar-refractivity contribution < 1.29 is 9.59 Å².